The first-order valence-electron chi connectivity index (χ1n) is 7.87. The fourth-order valence-electron chi connectivity index (χ4n) is 2.30. The van der Waals surface area contributed by atoms with Gasteiger partial charge in [0.15, 0.2) is 0 Å². The third-order valence-corrected chi connectivity index (χ3v) is 3.55. The first kappa shape index (κ1) is 17.0. The smallest absolute Gasteiger partial charge is 0.317 e. The van der Waals surface area contributed by atoms with Crippen molar-refractivity contribution in [2.45, 2.75) is 12.8 Å². The lowest BCUT2D eigenvalue weighted by Gasteiger charge is -2.22. The van der Waals surface area contributed by atoms with Crippen LogP contribution in [0.2, 0.25) is 0 Å². The van der Waals surface area contributed by atoms with Gasteiger partial charge in [-0.3, -0.25) is 4.98 Å². The van der Waals surface area contributed by atoms with E-state index in [0.29, 0.717) is 26.1 Å². The van der Waals surface area contributed by atoms with E-state index in [-0.39, 0.29) is 12.6 Å². The van der Waals surface area contributed by atoms with Crippen LogP contribution in [0, 0.1) is 0 Å². The van der Waals surface area contributed by atoms with E-state index in [1.165, 1.54) is 5.56 Å². The number of nitrogens with one attached hydrogen (secondary N) is 1. The summed E-state index contributed by atoms with van der Waals surface area (Å²) in [4.78, 5) is 18.1. The SMILES string of the molecule is O=C(NCCc1ccccn1)N(CCO)CCc1ccccc1. The molecule has 1 aromatic heterocycles. The molecule has 0 spiro atoms. The van der Waals surface area contributed by atoms with Crippen molar-refractivity contribution in [2.24, 2.45) is 0 Å². The van der Waals surface area contributed by atoms with E-state index in [0.717, 1.165) is 12.1 Å². The molecule has 0 aliphatic heterocycles. The first-order chi connectivity index (χ1) is 11.3. The van der Waals surface area contributed by atoms with E-state index in [4.69, 9.17) is 5.11 Å². The second kappa shape index (κ2) is 9.58. The number of aliphatic hydroxyl groups excluding tert-OH is 1. The predicted octanol–water partition coefficient (Wildman–Crippen LogP) is 1.87. The number of carbonyl (C=O) groups is 1. The highest BCUT2D eigenvalue weighted by Gasteiger charge is 2.12. The highest BCUT2D eigenvalue weighted by molar-refractivity contribution is 5.74. The minimum atomic E-state index is -0.147. The molecule has 0 saturated carbocycles. The Morgan fingerprint density at radius 1 is 1.04 bits per heavy atom. The summed E-state index contributed by atoms with van der Waals surface area (Å²) in [5.41, 5.74) is 2.13. The third-order valence-electron chi connectivity index (χ3n) is 3.55. The van der Waals surface area contributed by atoms with Crippen molar-refractivity contribution in [3.8, 4) is 0 Å². The normalized spacial score (nSPS) is 10.3. The number of hydrogen-bond donors (Lipinski definition) is 2. The molecule has 122 valence electrons. The fraction of sp³-hybridized carbons (Fsp3) is 0.333. The zero-order chi connectivity index (χ0) is 16.3. The van der Waals surface area contributed by atoms with Crippen LogP contribution in [-0.4, -0.2) is 47.3 Å². The predicted molar refractivity (Wildman–Crippen MR) is 90.1 cm³/mol. The molecule has 5 nitrogen and oxygen atoms in total. The number of carbonyl (C=O) groups excluding carboxylic acids is 1. The molecule has 0 atom stereocenters. The maximum atomic E-state index is 12.2. The van der Waals surface area contributed by atoms with Gasteiger partial charge >= 0.3 is 6.03 Å². The van der Waals surface area contributed by atoms with Crippen LogP contribution in [0.5, 0.6) is 0 Å². The van der Waals surface area contributed by atoms with Gasteiger partial charge in [0.1, 0.15) is 0 Å². The van der Waals surface area contributed by atoms with E-state index in [1.54, 1.807) is 11.1 Å². The fourth-order valence-corrected chi connectivity index (χ4v) is 2.30. The van der Waals surface area contributed by atoms with Gasteiger partial charge in [0.2, 0.25) is 0 Å². The summed E-state index contributed by atoms with van der Waals surface area (Å²) < 4.78 is 0. The van der Waals surface area contributed by atoms with Crippen LogP contribution < -0.4 is 5.32 Å². The molecule has 23 heavy (non-hydrogen) atoms. The van der Waals surface area contributed by atoms with E-state index >= 15 is 0 Å². The van der Waals surface area contributed by atoms with Gasteiger partial charge in [-0.05, 0) is 24.1 Å². The van der Waals surface area contributed by atoms with Crippen molar-refractivity contribution in [3.05, 3.63) is 66.0 Å². The van der Waals surface area contributed by atoms with Crippen molar-refractivity contribution in [1.29, 1.82) is 0 Å². The quantitative estimate of drug-likeness (QED) is 0.782. The summed E-state index contributed by atoms with van der Waals surface area (Å²) in [7, 11) is 0. The number of rotatable bonds is 8. The molecule has 0 fully saturated rings. The average molecular weight is 313 g/mol. The molecule has 0 bridgehead atoms. The Kier molecular flexibility index (Phi) is 7.07. The van der Waals surface area contributed by atoms with Gasteiger partial charge in [-0.1, -0.05) is 36.4 Å². The minimum Gasteiger partial charge on any atom is -0.395 e. The molecule has 0 saturated heterocycles. The van der Waals surface area contributed by atoms with Crippen LogP contribution in [0.15, 0.2) is 54.7 Å². The van der Waals surface area contributed by atoms with Crippen molar-refractivity contribution in [3.63, 3.8) is 0 Å². The summed E-state index contributed by atoms with van der Waals surface area (Å²) in [5.74, 6) is 0. The number of nitrogens with zero attached hydrogens (tertiary/aromatic N) is 2. The standard InChI is InChI=1S/C18H23N3O2/c22-15-14-21(13-10-16-6-2-1-3-7-16)18(23)20-12-9-17-8-4-5-11-19-17/h1-8,11,22H,9-10,12-15H2,(H,20,23). The molecule has 5 heteroatoms. The summed E-state index contributed by atoms with van der Waals surface area (Å²) in [5, 5.41) is 12.0. The van der Waals surface area contributed by atoms with Gasteiger partial charge < -0.3 is 15.3 Å². The second-order valence-electron chi connectivity index (χ2n) is 5.25. The Hall–Kier alpha value is -2.40. The van der Waals surface area contributed by atoms with E-state index in [9.17, 15) is 4.79 Å². The van der Waals surface area contributed by atoms with Crippen molar-refractivity contribution in [2.75, 3.05) is 26.2 Å². The van der Waals surface area contributed by atoms with Crippen LogP contribution in [0.25, 0.3) is 0 Å². The lowest BCUT2D eigenvalue weighted by atomic mass is 10.1. The monoisotopic (exact) mass is 313 g/mol. The number of pyridine rings is 1. The molecule has 0 aliphatic rings. The summed E-state index contributed by atoms with van der Waals surface area (Å²) in [6.45, 7) is 1.41. The van der Waals surface area contributed by atoms with Gasteiger partial charge in [0, 0.05) is 37.9 Å². The topological polar surface area (TPSA) is 65.5 Å². The molecular formula is C18H23N3O2. The number of urea groups is 1. The molecule has 2 N–H and O–H groups in total. The lowest BCUT2D eigenvalue weighted by molar-refractivity contribution is 0.178. The maximum Gasteiger partial charge on any atom is 0.317 e. The minimum absolute atomic E-state index is 0.0392. The van der Waals surface area contributed by atoms with Gasteiger partial charge in [0.05, 0.1) is 6.61 Å². The van der Waals surface area contributed by atoms with Crippen LogP contribution in [0.4, 0.5) is 4.79 Å². The number of aliphatic hydroxyl groups is 1. The summed E-state index contributed by atoms with van der Waals surface area (Å²) >= 11 is 0. The maximum absolute atomic E-state index is 12.2. The lowest BCUT2D eigenvalue weighted by Crippen LogP contribution is -2.43. The highest BCUT2D eigenvalue weighted by atomic mass is 16.3. The molecule has 0 aliphatic carbocycles. The zero-order valence-corrected chi connectivity index (χ0v) is 13.2. The average Bonchev–Trinajstić information content (AvgIpc) is 2.60. The van der Waals surface area contributed by atoms with Crippen LogP contribution >= 0.6 is 0 Å². The number of aromatic nitrogens is 1. The molecule has 0 unspecified atom stereocenters. The Morgan fingerprint density at radius 3 is 2.52 bits per heavy atom. The van der Waals surface area contributed by atoms with E-state index in [1.807, 2.05) is 48.5 Å². The first-order valence-corrected chi connectivity index (χ1v) is 7.87. The summed E-state index contributed by atoms with van der Waals surface area (Å²) in [6, 6.07) is 15.6. The number of benzene rings is 1. The largest absolute Gasteiger partial charge is 0.395 e. The van der Waals surface area contributed by atoms with Gasteiger partial charge in [-0.25, -0.2) is 4.79 Å². The van der Waals surface area contributed by atoms with E-state index in [2.05, 4.69) is 10.3 Å². The van der Waals surface area contributed by atoms with Crippen molar-refractivity contribution < 1.29 is 9.90 Å². The Balaban J connectivity index is 1.78. The molecule has 0 radical (unpaired) electrons. The van der Waals surface area contributed by atoms with Gasteiger partial charge in [0.25, 0.3) is 0 Å². The summed E-state index contributed by atoms with van der Waals surface area (Å²) in [6.07, 6.45) is 3.21. The van der Waals surface area contributed by atoms with Gasteiger partial charge in [-0.15, -0.1) is 0 Å². The number of amides is 2. The molecule has 2 amide bonds. The second-order valence-corrected chi connectivity index (χ2v) is 5.25. The molecule has 2 rings (SSSR count). The Bertz CT molecular complexity index is 575. The molecular weight excluding hydrogens is 290 g/mol. The zero-order valence-electron chi connectivity index (χ0n) is 13.2. The molecule has 2 aromatic rings. The van der Waals surface area contributed by atoms with E-state index < -0.39 is 0 Å². The van der Waals surface area contributed by atoms with Crippen molar-refractivity contribution in [1.82, 2.24) is 15.2 Å². The molecule has 1 heterocycles. The van der Waals surface area contributed by atoms with Crippen LogP contribution in [0.3, 0.4) is 0 Å². The number of hydrogen-bond acceptors (Lipinski definition) is 3. The molecule has 1 aromatic carbocycles. The van der Waals surface area contributed by atoms with Gasteiger partial charge in [-0.2, -0.15) is 0 Å². The Morgan fingerprint density at radius 2 is 1.83 bits per heavy atom. The van der Waals surface area contributed by atoms with Crippen LogP contribution in [0.1, 0.15) is 11.3 Å². The van der Waals surface area contributed by atoms with Crippen molar-refractivity contribution >= 4 is 6.03 Å². The third kappa shape index (κ3) is 6.08. The van der Waals surface area contributed by atoms with Crippen LogP contribution in [-0.2, 0) is 12.8 Å². The highest BCUT2D eigenvalue weighted by Crippen LogP contribution is 2.02. The Labute approximate surface area is 137 Å².